The van der Waals surface area contributed by atoms with Gasteiger partial charge in [-0.15, -0.1) is 0 Å². The molecule has 0 bridgehead atoms. The van der Waals surface area contributed by atoms with Crippen LogP contribution in [-0.4, -0.2) is 11.7 Å². The average Bonchev–Trinajstić information content (AvgIpc) is 2.39. The van der Waals surface area contributed by atoms with Crippen LogP contribution in [-0.2, 0) is 0 Å². The first-order valence-corrected chi connectivity index (χ1v) is 7.84. The third-order valence-electron chi connectivity index (χ3n) is 3.15. The molecule has 0 fully saturated rings. The lowest BCUT2D eigenvalue weighted by Crippen LogP contribution is -1.80. The first-order chi connectivity index (χ1) is 8.91. The van der Waals surface area contributed by atoms with Gasteiger partial charge in [0, 0.05) is 6.61 Å². The van der Waals surface area contributed by atoms with Crippen molar-refractivity contribution in [3.63, 3.8) is 0 Å². The van der Waals surface area contributed by atoms with Crippen LogP contribution in [0.15, 0.2) is 24.3 Å². The van der Waals surface area contributed by atoms with E-state index in [0.29, 0.717) is 0 Å². The zero-order valence-electron chi connectivity index (χ0n) is 12.2. The van der Waals surface area contributed by atoms with Crippen LogP contribution in [0.25, 0.3) is 0 Å². The highest BCUT2D eigenvalue weighted by Crippen LogP contribution is 2.10. The van der Waals surface area contributed by atoms with Crippen molar-refractivity contribution in [2.45, 2.75) is 77.6 Å². The highest BCUT2D eigenvalue weighted by atomic mass is 16.2. The quantitative estimate of drug-likeness (QED) is 0.343. The Morgan fingerprint density at radius 3 is 1.72 bits per heavy atom. The first kappa shape index (κ1) is 17.4. The molecule has 1 N–H and O–H groups in total. The fraction of sp³-hybridized carbons (Fsp3) is 0.765. The molecule has 0 aliphatic heterocycles. The van der Waals surface area contributed by atoms with Gasteiger partial charge < -0.3 is 5.11 Å². The minimum Gasteiger partial charge on any atom is -0.396 e. The molecule has 0 aromatic heterocycles. The molecular formula is C17H32O. The number of hydrogen-bond donors (Lipinski definition) is 1. The molecule has 0 aliphatic carbocycles. The second-order valence-electron chi connectivity index (χ2n) is 4.99. The van der Waals surface area contributed by atoms with Gasteiger partial charge >= 0.3 is 0 Å². The van der Waals surface area contributed by atoms with Crippen molar-refractivity contribution in [3.8, 4) is 0 Å². The standard InChI is InChI=1S/C17H32O/c1-2-3-4-5-6-7-8-9-10-11-12-13-14-15-16-17-18/h12-15,18H,2-11,16-17H2,1H3/b13-12+,15-14+. The van der Waals surface area contributed by atoms with Gasteiger partial charge in [-0.1, -0.05) is 82.6 Å². The van der Waals surface area contributed by atoms with E-state index < -0.39 is 0 Å². The Morgan fingerprint density at radius 1 is 0.667 bits per heavy atom. The lowest BCUT2D eigenvalue weighted by Gasteiger charge is -2.00. The predicted octanol–water partition coefficient (Wildman–Crippen LogP) is 5.40. The van der Waals surface area contributed by atoms with E-state index in [1.54, 1.807) is 0 Å². The fourth-order valence-corrected chi connectivity index (χ4v) is 2.00. The summed E-state index contributed by atoms with van der Waals surface area (Å²) in [6.07, 6.45) is 22.9. The summed E-state index contributed by atoms with van der Waals surface area (Å²) in [6.45, 7) is 2.52. The second kappa shape index (κ2) is 16.4. The minimum absolute atomic E-state index is 0.253. The summed E-state index contributed by atoms with van der Waals surface area (Å²) in [5.74, 6) is 0. The molecule has 18 heavy (non-hydrogen) atoms. The van der Waals surface area contributed by atoms with Crippen LogP contribution >= 0.6 is 0 Å². The Bertz CT molecular complexity index is 194. The molecule has 1 heteroatoms. The monoisotopic (exact) mass is 252 g/mol. The van der Waals surface area contributed by atoms with Crippen LogP contribution in [0.1, 0.15) is 77.6 Å². The molecule has 0 atom stereocenters. The Balaban J connectivity index is 3.07. The molecule has 0 amide bonds. The molecule has 0 unspecified atom stereocenters. The first-order valence-electron chi connectivity index (χ1n) is 7.84. The summed E-state index contributed by atoms with van der Waals surface area (Å²) in [5.41, 5.74) is 0. The highest BCUT2D eigenvalue weighted by molar-refractivity contribution is 5.02. The fourth-order valence-electron chi connectivity index (χ4n) is 2.00. The van der Waals surface area contributed by atoms with Crippen LogP contribution in [0.4, 0.5) is 0 Å². The maximum atomic E-state index is 8.58. The van der Waals surface area contributed by atoms with Crippen molar-refractivity contribution in [1.29, 1.82) is 0 Å². The van der Waals surface area contributed by atoms with E-state index >= 15 is 0 Å². The highest BCUT2D eigenvalue weighted by Gasteiger charge is 1.90. The van der Waals surface area contributed by atoms with E-state index in [9.17, 15) is 0 Å². The molecular weight excluding hydrogens is 220 g/mol. The van der Waals surface area contributed by atoms with E-state index in [4.69, 9.17) is 5.11 Å². The SMILES string of the molecule is CCCCCCCCCCC/C=C/C=C/CCO. The molecule has 0 rings (SSSR count). The molecule has 0 aliphatic rings. The number of rotatable bonds is 13. The normalized spacial score (nSPS) is 11.9. The molecule has 0 saturated heterocycles. The van der Waals surface area contributed by atoms with Crippen molar-refractivity contribution in [2.75, 3.05) is 6.61 Å². The van der Waals surface area contributed by atoms with Gasteiger partial charge in [0.1, 0.15) is 0 Å². The van der Waals surface area contributed by atoms with Gasteiger partial charge in [-0.05, 0) is 19.3 Å². The van der Waals surface area contributed by atoms with Crippen LogP contribution in [0, 0.1) is 0 Å². The molecule has 0 heterocycles. The lowest BCUT2D eigenvalue weighted by atomic mass is 10.1. The molecule has 106 valence electrons. The van der Waals surface area contributed by atoms with E-state index in [1.165, 1.54) is 64.2 Å². The van der Waals surface area contributed by atoms with Crippen molar-refractivity contribution in [2.24, 2.45) is 0 Å². The third-order valence-corrected chi connectivity index (χ3v) is 3.15. The summed E-state index contributed by atoms with van der Waals surface area (Å²) in [5, 5.41) is 8.58. The van der Waals surface area contributed by atoms with E-state index in [0.717, 1.165) is 6.42 Å². The molecule has 0 spiro atoms. The number of unbranched alkanes of at least 4 members (excludes halogenated alkanes) is 9. The van der Waals surface area contributed by atoms with Crippen LogP contribution < -0.4 is 0 Å². The number of aliphatic hydroxyl groups excluding tert-OH is 1. The predicted molar refractivity (Wildman–Crippen MR) is 81.8 cm³/mol. The Labute approximate surface area is 114 Å². The third kappa shape index (κ3) is 15.4. The largest absolute Gasteiger partial charge is 0.396 e. The Hall–Kier alpha value is -0.560. The van der Waals surface area contributed by atoms with E-state index in [2.05, 4.69) is 19.1 Å². The van der Waals surface area contributed by atoms with Gasteiger partial charge in [-0.25, -0.2) is 0 Å². The zero-order chi connectivity index (χ0) is 13.3. The maximum absolute atomic E-state index is 8.58. The van der Waals surface area contributed by atoms with Gasteiger partial charge in [0.05, 0.1) is 0 Å². The van der Waals surface area contributed by atoms with Gasteiger partial charge in [-0.3, -0.25) is 0 Å². The molecule has 0 aromatic rings. The molecule has 1 nitrogen and oxygen atoms in total. The van der Waals surface area contributed by atoms with Crippen LogP contribution in [0.2, 0.25) is 0 Å². The molecule has 0 radical (unpaired) electrons. The van der Waals surface area contributed by atoms with Crippen LogP contribution in [0.3, 0.4) is 0 Å². The summed E-state index contributed by atoms with van der Waals surface area (Å²) in [4.78, 5) is 0. The number of hydrogen-bond acceptors (Lipinski definition) is 1. The van der Waals surface area contributed by atoms with Gasteiger partial charge in [0.15, 0.2) is 0 Å². The van der Waals surface area contributed by atoms with E-state index in [1.807, 2.05) is 12.2 Å². The summed E-state index contributed by atoms with van der Waals surface area (Å²) in [6, 6.07) is 0. The molecule has 0 aromatic carbocycles. The lowest BCUT2D eigenvalue weighted by molar-refractivity contribution is 0.302. The second-order valence-corrected chi connectivity index (χ2v) is 4.99. The summed E-state index contributed by atoms with van der Waals surface area (Å²) >= 11 is 0. The van der Waals surface area contributed by atoms with Gasteiger partial charge in [0.25, 0.3) is 0 Å². The van der Waals surface area contributed by atoms with Crippen molar-refractivity contribution >= 4 is 0 Å². The van der Waals surface area contributed by atoms with Crippen molar-refractivity contribution in [1.82, 2.24) is 0 Å². The van der Waals surface area contributed by atoms with Crippen molar-refractivity contribution in [3.05, 3.63) is 24.3 Å². The molecule has 0 saturated carbocycles. The number of aliphatic hydroxyl groups is 1. The topological polar surface area (TPSA) is 20.2 Å². The zero-order valence-corrected chi connectivity index (χ0v) is 12.2. The Morgan fingerprint density at radius 2 is 1.17 bits per heavy atom. The maximum Gasteiger partial charge on any atom is 0.0465 e. The summed E-state index contributed by atoms with van der Waals surface area (Å²) in [7, 11) is 0. The van der Waals surface area contributed by atoms with Crippen LogP contribution in [0.5, 0.6) is 0 Å². The average molecular weight is 252 g/mol. The Kier molecular flexibility index (Phi) is 15.9. The smallest absolute Gasteiger partial charge is 0.0465 e. The number of allylic oxidation sites excluding steroid dienone is 3. The van der Waals surface area contributed by atoms with Gasteiger partial charge in [-0.2, -0.15) is 0 Å². The van der Waals surface area contributed by atoms with E-state index in [-0.39, 0.29) is 6.61 Å². The van der Waals surface area contributed by atoms with Crippen molar-refractivity contribution < 1.29 is 5.11 Å². The van der Waals surface area contributed by atoms with Gasteiger partial charge in [0.2, 0.25) is 0 Å². The minimum atomic E-state index is 0.253. The summed E-state index contributed by atoms with van der Waals surface area (Å²) < 4.78 is 0.